The van der Waals surface area contributed by atoms with Crippen molar-refractivity contribution in [1.82, 2.24) is 5.32 Å². The molecule has 0 saturated carbocycles. The van der Waals surface area contributed by atoms with Gasteiger partial charge in [-0.1, -0.05) is 11.8 Å². The van der Waals surface area contributed by atoms with Gasteiger partial charge in [0.15, 0.2) is 0 Å². The van der Waals surface area contributed by atoms with Crippen LogP contribution in [0.5, 0.6) is 0 Å². The molecule has 0 bridgehead atoms. The Morgan fingerprint density at radius 1 is 1.33 bits per heavy atom. The molecule has 0 unspecified atom stereocenters. The molecule has 0 aromatic carbocycles. The Hall–Kier alpha value is -0.480. The molecule has 0 radical (unpaired) electrons. The van der Waals surface area contributed by atoms with Crippen molar-refractivity contribution in [3.05, 3.63) is 0 Å². The second-order valence-electron chi connectivity index (χ2n) is 3.08. The van der Waals surface area contributed by atoms with Crippen LogP contribution < -0.4 is 5.32 Å². The molecule has 0 atom stereocenters. The molecule has 0 rings (SSSR count). The third kappa shape index (κ3) is 7.52. The molecule has 52 valence electrons. The predicted molar refractivity (Wildman–Crippen MR) is 41.2 cm³/mol. The largest absolute Gasteiger partial charge is 0.309 e. The fourth-order valence-corrected chi connectivity index (χ4v) is 0.398. The highest BCUT2D eigenvalue weighted by molar-refractivity contribution is 5.08. The van der Waals surface area contributed by atoms with Crippen LogP contribution in [0, 0.1) is 17.3 Å². The van der Waals surface area contributed by atoms with E-state index in [0.717, 1.165) is 6.54 Å². The first-order valence-corrected chi connectivity index (χ1v) is 3.21. The van der Waals surface area contributed by atoms with Crippen molar-refractivity contribution in [2.45, 2.75) is 20.8 Å². The number of hydrogen-bond acceptors (Lipinski definition) is 1. The standard InChI is InChI=1S/C8H15N/c1-8(2,3)6-5-7-9-4/h9H,7H2,1-4H3. The fraction of sp³-hybridized carbons (Fsp3) is 0.750. The molecule has 0 aromatic heterocycles. The van der Waals surface area contributed by atoms with E-state index in [1.165, 1.54) is 0 Å². The van der Waals surface area contributed by atoms with E-state index in [1.54, 1.807) is 0 Å². The van der Waals surface area contributed by atoms with Gasteiger partial charge in [0.1, 0.15) is 0 Å². The highest BCUT2D eigenvalue weighted by Gasteiger charge is 2.02. The summed E-state index contributed by atoms with van der Waals surface area (Å²) in [6.45, 7) is 7.11. The lowest BCUT2D eigenvalue weighted by Crippen LogP contribution is -2.06. The van der Waals surface area contributed by atoms with Crippen LogP contribution in [0.1, 0.15) is 20.8 Å². The summed E-state index contributed by atoms with van der Waals surface area (Å²) >= 11 is 0. The molecule has 0 aliphatic heterocycles. The highest BCUT2D eigenvalue weighted by Crippen LogP contribution is 2.09. The van der Waals surface area contributed by atoms with Gasteiger partial charge in [0.25, 0.3) is 0 Å². The molecule has 0 saturated heterocycles. The molecule has 0 amide bonds. The minimum absolute atomic E-state index is 0.150. The van der Waals surface area contributed by atoms with Gasteiger partial charge in [-0.05, 0) is 27.8 Å². The maximum atomic E-state index is 3.11. The lowest BCUT2D eigenvalue weighted by molar-refractivity contribution is 0.570. The minimum Gasteiger partial charge on any atom is -0.309 e. The van der Waals surface area contributed by atoms with Crippen LogP contribution in [0.15, 0.2) is 0 Å². The van der Waals surface area contributed by atoms with E-state index in [-0.39, 0.29) is 5.41 Å². The zero-order chi connectivity index (χ0) is 7.33. The van der Waals surface area contributed by atoms with Crippen molar-refractivity contribution in [2.75, 3.05) is 13.6 Å². The molecule has 1 nitrogen and oxygen atoms in total. The highest BCUT2D eigenvalue weighted by atomic mass is 14.8. The summed E-state index contributed by atoms with van der Waals surface area (Å²) in [7, 11) is 1.90. The molecule has 0 aliphatic rings. The smallest absolute Gasteiger partial charge is 0.0574 e. The van der Waals surface area contributed by atoms with Gasteiger partial charge in [0, 0.05) is 5.41 Å². The van der Waals surface area contributed by atoms with Crippen LogP contribution in [0.3, 0.4) is 0 Å². The summed E-state index contributed by atoms with van der Waals surface area (Å²) in [6.07, 6.45) is 0. The molecule has 0 heterocycles. The molecule has 0 fully saturated rings. The van der Waals surface area contributed by atoms with Gasteiger partial charge >= 0.3 is 0 Å². The Kier molecular flexibility index (Phi) is 3.34. The van der Waals surface area contributed by atoms with E-state index in [4.69, 9.17) is 0 Å². The SMILES string of the molecule is CNCC#CC(C)(C)C. The summed E-state index contributed by atoms with van der Waals surface area (Å²) in [5.41, 5.74) is 0.150. The first-order valence-electron chi connectivity index (χ1n) is 3.21. The second-order valence-corrected chi connectivity index (χ2v) is 3.08. The van der Waals surface area contributed by atoms with Crippen LogP contribution in [0.2, 0.25) is 0 Å². The van der Waals surface area contributed by atoms with Gasteiger partial charge in [-0.15, -0.1) is 0 Å². The molecular formula is C8H15N. The van der Waals surface area contributed by atoms with Gasteiger partial charge < -0.3 is 5.32 Å². The molecule has 9 heavy (non-hydrogen) atoms. The Morgan fingerprint density at radius 2 is 1.89 bits per heavy atom. The molecule has 0 aromatic rings. The Bertz CT molecular complexity index is 120. The van der Waals surface area contributed by atoms with Crippen LogP contribution in [-0.2, 0) is 0 Å². The van der Waals surface area contributed by atoms with Crippen LogP contribution in [0.4, 0.5) is 0 Å². The zero-order valence-electron chi connectivity index (χ0n) is 6.71. The summed E-state index contributed by atoms with van der Waals surface area (Å²) in [4.78, 5) is 0. The summed E-state index contributed by atoms with van der Waals surface area (Å²) in [6, 6.07) is 0. The maximum absolute atomic E-state index is 3.11. The van der Waals surface area contributed by atoms with Gasteiger partial charge in [-0.25, -0.2) is 0 Å². The van der Waals surface area contributed by atoms with E-state index < -0.39 is 0 Å². The first kappa shape index (κ1) is 8.52. The molecule has 1 N–H and O–H groups in total. The van der Waals surface area contributed by atoms with E-state index in [2.05, 4.69) is 37.9 Å². The summed E-state index contributed by atoms with van der Waals surface area (Å²) < 4.78 is 0. The van der Waals surface area contributed by atoms with E-state index in [0.29, 0.717) is 0 Å². The average molecular weight is 125 g/mol. The van der Waals surface area contributed by atoms with Crippen LogP contribution in [0.25, 0.3) is 0 Å². The lowest BCUT2D eigenvalue weighted by atomic mass is 9.98. The quantitative estimate of drug-likeness (QED) is 0.520. The zero-order valence-corrected chi connectivity index (χ0v) is 6.71. The minimum atomic E-state index is 0.150. The van der Waals surface area contributed by atoms with Crippen molar-refractivity contribution in [2.24, 2.45) is 5.41 Å². The monoisotopic (exact) mass is 125 g/mol. The first-order chi connectivity index (χ1) is 4.06. The predicted octanol–water partition coefficient (Wildman–Crippen LogP) is 1.26. The summed E-state index contributed by atoms with van der Waals surface area (Å²) in [5.74, 6) is 6.12. The van der Waals surface area contributed by atoms with Crippen molar-refractivity contribution >= 4 is 0 Å². The molecule has 0 aliphatic carbocycles. The van der Waals surface area contributed by atoms with Crippen molar-refractivity contribution < 1.29 is 0 Å². The fourth-order valence-electron chi connectivity index (χ4n) is 0.398. The lowest BCUT2D eigenvalue weighted by Gasteiger charge is -2.06. The molecular weight excluding hydrogens is 110 g/mol. The summed E-state index contributed by atoms with van der Waals surface area (Å²) in [5, 5.41) is 2.97. The Balaban J connectivity index is 3.59. The Labute approximate surface area is 57.8 Å². The number of rotatable bonds is 1. The molecule has 1 heteroatoms. The van der Waals surface area contributed by atoms with Crippen LogP contribution >= 0.6 is 0 Å². The second kappa shape index (κ2) is 3.53. The van der Waals surface area contributed by atoms with Crippen molar-refractivity contribution in [3.63, 3.8) is 0 Å². The third-order valence-electron chi connectivity index (χ3n) is 0.729. The van der Waals surface area contributed by atoms with E-state index in [9.17, 15) is 0 Å². The number of hydrogen-bond donors (Lipinski definition) is 1. The van der Waals surface area contributed by atoms with Gasteiger partial charge in [0.2, 0.25) is 0 Å². The third-order valence-corrected chi connectivity index (χ3v) is 0.729. The number of nitrogens with one attached hydrogen (secondary N) is 1. The van der Waals surface area contributed by atoms with Gasteiger partial charge in [0.05, 0.1) is 6.54 Å². The van der Waals surface area contributed by atoms with Gasteiger partial charge in [-0.3, -0.25) is 0 Å². The van der Waals surface area contributed by atoms with Gasteiger partial charge in [-0.2, -0.15) is 0 Å². The van der Waals surface area contributed by atoms with Crippen LogP contribution in [-0.4, -0.2) is 13.6 Å². The Morgan fingerprint density at radius 3 is 2.22 bits per heavy atom. The normalized spacial score (nSPS) is 10.2. The van der Waals surface area contributed by atoms with Crippen molar-refractivity contribution in [1.29, 1.82) is 0 Å². The van der Waals surface area contributed by atoms with E-state index in [1.807, 2.05) is 7.05 Å². The van der Waals surface area contributed by atoms with Crippen molar-refractivity contribution in [3.8, 4) is 11.8 Å². The molecule has 0 spiro atoms. The van der Waals surface area contributed by atoms with E-state index >= 15 is 0 Å². The topological polar surface area (TPSA) is 12.0 Å². The average Bonchev–Trinajstić information content (AvgIpc) is 1.63. The maximum Gasteiger partial charge on any atom is 0.0574 e.